The van der Waals surface area contributed by atoms with E-state index in [1.165, 1.54) is 30.5 Å². The number of amides is 1. The van der Waals surface area contributed by atoms with Gasteiger partial charge in [0.2, 0.25) is 0 Å². The summed E-state index contributed by atoms with van der Waals surface area (Å²) in [5.41, 5.74) is 5.37. The number of nitro groups is 1. The molecule has 0 fully saturated rings. The first-order valence-electron chi connectivity index (χ1n) is 9.50. The van der Waals surface area contributed by atoms with Gasteiger partial charge in [-0.25, -0.2) is 10.1 Å². The second-order valence-corrected chi connectivity index (χ2v) is 7.16. The third-order valence-electron chi connectivity index (χ3n) is 4.57. The van der Waals surface area contributed by atoms with Gasteiger partial charge in [0.1, 0.15) is 5.69 Å². The summed E-state index contributed by atoms with van der Waals surface area (Å²) in [5.74, 6) is -0.562. The van der Waals surface area contributed by atoms with Crippen molar-refractivity contribution in [3.8, 4) is 16.9 Å². The minimum atomic E-state index is -0.562. The van der Waals surface area contributed by atoms with Gasteiger partial charge in [0.25, 0.3) is 11.6 Å². The van der Waals surface area contributed by atoms with E-state index in [-0.39, 0.29) is 11.3 Å². The number of nitrogens with zero attached hydrogens (tertiary/aromatic N) is 4. The average Bonchev–Trinajstić information content (AvgIpc) is 3.24. The molecule has 1 aromatic heterocycles. The van der Waals surface area contributed by atoms with Gasteiger partial charge in [0.15, 0.2) is 0 Å². The quantitative estimate of drug-likeness (QED) is 0.260. The summed E-state index contributed by atoms with van der Waals surface area (Å²) in [5, 5.41) is 20.2. The zero-order valence-electron chi connectivity index (χ0n) is 16.6. The van der Waals surface area contributed by atoms with E-state index in [1.54, 1.807) is 23.0 Å². The molecule has 1 heterocycles. The Hall–Kier alpha value is -4.30. The van der Waals surface area contributed by atoms with E-state index in [4.69, 9.17) is 11.6 Å². The molecule has 4 rings (SSSR count). The van der Waals surface area contributed by atoms with E-state index in [1.807, 2.05) is 42.5 Å². The summed E-state index contributed by atoms with van der Waals surface area (Å²) < 4.78 is 1.72. The van der Waals surface area contributed by atoms with Crippen molar-refractivity contribution in [2.75, 3.05) is 0 Å². The summed E-state index contributed by atoms with van der Waals surface area (Å²) in [6.45, 7) is 0. The van der Waals surface area contributed by atoms with Gasteiger partial charge in [-0.3, -0.25) is 14.9 Å². The lowest BCUT2D eigenvalue weighted by molar-refractivity contribution is -0.384. The van der Waals surface area contributed by atoms with Gasteiger partial charge < -0.3 is 0 Å². The molecule has 0 saturated carbocycles. The largest absolute Gasteiger partial charge is 0.271 e. The maximum atomic E-state index is 12.3. The number of para-hydroxylation sites is 1. The lowest BCUT2D eigenvalue weighted by Gasteiger charge is -2.01. The van der Waals surface area contributed by atoms with Gasteiger partial charge in [-0.2, -0.15) is 10.2 Å². The van der Waals surface area contributed by atoms with Gasteiger partial charge in [0, 0.05) is 40.0 Å². The number of nitro benzene ring substituents is 1. The van der Waals surface area contributed by atoms with Crippen LogP contribution in [0.5, 0.6) is 0 Å². The lowest BCUT2D eigenvalue weighted by Crippen LogP contribution is -2.17. The number of halogens is 1. The van der Waals surface area contributed by atoms with Crippen molar-refractivity contribution in [1.82, 2.24) is 15.2 Å². The summed E-state index contributed by atoms with van der Waals surface area (Å²) in [4.78, 5) is 22.7. The Morgan fingerprint density at radius 1 is 1.06 bits per heavy atom. The Morgan fingerprint density at radius 2 is 1.81 bits per heavy atom. The number of nitrogens with one attached hydrogen (secondary N) is 1. The van der Waals surface area contributed by atoms with E-state index >= 15 is 0 Å². The number of aromatic nitrogens is 2. The molecule has 1 amide bonds. The normalized spacial score (nSPS) is 10.9. The van der Waals surface area contributed by atoms with E-state index in [9.17, 15) is 14.9 Å². The Bertz CT molecular complexity index is 1300. The maximum absolute atomic E-state index is 12.3. The molecule has 3 aromatic carbocycles. The zero-order chi connectivity index (χ0) is 22.5. The Morgan fingerprint density at radius 3 is 2.53 bits per heavy atom. The predicted molar refractivity (Wildman–Crippen MR) is 122 cm³/mol. The van der Waals surface area contributed by atoms with Crippen LogP contribution in [-0.4, -0.2) is 26.8 Å². The Kier molecular flexibility index (Phi) is 6.05. The maximum Gasteiger partial charge on any atom is 0.271 e. The lowest BCUT2D eigenvalue weighted by atomic mass is 10.1. The Balaban J connectivity index is 1.62. The van der Waals surface area contributed by atoms with Crippen molar-refractivity contribution in [2.45, 2.75) is 0 Å². The topological polar surface area (TPSA) is 102 Å². The van der Waals surface area contributed by atoms with Gasteiger partial charge in [-0.05, 0) is 30.3 Å². The number of carbonyl (C=O) groups is 1. The third kappa shape index (κ3) is 4.71. The second kappa shape index (κ2) is 9.23. The van der Waals surface area contributed by atoms with Crippen molar-refractivity contribution in [3.05, 3.63) is 111 Å². The number of carbonyl (C=O) groups excluding carboxylic acids is 1. The molecule has 0 bridgehead atoms. The summed E-state index contributed by atoms with van der Waals surface area (Å²) in [7, 11) is 0. The first-order valence-corrected chi connectivity index (χ1v) is 9.88. The van der Waals surface area contributed by atoms with Gasteiger partial charge in [-0.15, -0.1) is 0 Å². The van der Waals surface area contributed by atoms with Crippen LogP contribution in [0.2, 0.25) is 5.02 Å². The molecule has 0 radical (unpaired) electrons. The van der Waals surface area contributed by atoms with Crippen LogP contribution in [0.1, 0.15) is 15.9 Å². The van der Waals surface area contributed by atoms with E-state index in [2.05, 4.69) is 15.6 Å². The SMILES string of the molecule is O=C(N/N=C/c1cn(-c2ccccc2)nc1-c1ccc(Cl)cc1)c1cccc([N+](=O)[O-])c1. The number of hydrazone groups is 1. The molecule has 0 atom stereocenters. The highest BCUT2D eigenvalue weighted by Gasteiger charge is 2.13. The van der Waals surface area contributed by atoms with Crippen LogP contribution in [0.25, 0.3) is 16.9 Å². The molecule has 0 aliphatic rings. The molecule has 0 aliphatic carbocycles. The molecule has 0 unspecified atom stereocenters. The van der Waals surface area contributed by atoms with Crippen molar-refractivity contribution in [1.29, 1.82) is 0 Å². The van der Waals surface area contributed by atoms with Gasteiger partial charge in [0.05, 0.1) is 16.8 Å². The standard InChI is InChI=1S/C23H16ClN5O3/c24-19-11-9-16(10-12-19)22-18(15-28(27-22)20-6-2-1-3-7-20)14-25-26-23(30)17-5-4-8-21(13-17)29(31)32/h1-15H,(H,26,30)/b25-14+. The fourth-order valence-electron chi connectivity index (χ4n) is 3.01. The van der Waals surface area contributed by atoms with Gasteiger partial charge in [-0.1, -0.05) is 48.0 Å². The zero-order valence-corrected chi connectivity index (χ0v) is 17.3. The van der Waals surface area contributed by atoms with E-state index < -0.39 is 10.8 Å². The van der Waals surface area contributed by atoms with Crippen LogP contribution < -0.4 is 5.43 Å². The first-order chi connectivity index (χ1) is 15.5. The molecule has 32 heavy (non-hydrogen) atoms. The van der Waals surface area contributed by atoms with Crippen LogP contribution >= 0.6 is 11.6 Å². The number of hydrogen-bond donors (Lipinski definition) is 1. The fraction of sp³-hybridized carbons (Fsp3) is 0. The molecule has 8 nitrogen and oxygen atoms in total. The molecular formula is C23H16ClN5O3. The van der Waals surface area contributed by atoms with E-state index in [0.717, 1.165) is 11.3 Å². The minimum absolute atomic E-state index is 0.134. The number of rotatable bonds is 6. The molecule has 0 aliphatic heterocycles. The molecule has 9 heteroatoms. The highest BCUT2D eigenvalue weighted by atomic mass is 35.5. The molecule has 0 saturated heterocycles. The summed E-state index contributed by atoms with van der Waals surface area (Å²) in [6, 6.07) is 22.2. The highest BCUT2D eigenvalue weighted by Crippen LogP contribution is 2.24. The van der Waals surface area contributed by atoms with Crippen molar-refractivity contribution in [3.63, 3.8) is 0 Å². The number of non-ortho nitro benzene ring substituents is 1. The molecule has 158 valence electrons. The number of hydrogen-bond acceptors (Lipinski definition) is 5. The second-order valence-electron chi connectivity index (χ2n) is 6.73. The fourth-order valence-corrected chi connectivity index (χ4v) is 3.14. The van der Waals surface area contributed by atoms with Crippen molar-refractivity contribution in [2.24, 2.45) is 5.10 Å². The first kappa shape index (κ1) is 21.0. The molecule has 4 aromatic rings. The molecule has 1 N–H and O–H groups in total. The van der Waals surface area contributed by atoms with Crippen LogP contribution in [0.3, 0.4) is 0 Å². The van der Waals surface area contributed by atoms with Crippen LogP contribution in [0.4, 0.5) is 5.69 Å². The predicted octanol–water partition coefficient (Wildman–Crippen LogP) is 4.86. The monoisotopic (exact) mass is 445 g/mol. The van der Waals surface area contributed by atoms with E-state index in [0.29, 0.717) is 16.3 Å². The molecule has 0 spiro atoms. The third-order valence-corrected chi connectivity index (χ3v) is 4.82. The van der Waals surface area contributed by atoms with Crippen molar-refractivity contribution >= 4 is 29.4 Å². The molecular weight excluding hydrogens is 430 g/mol. The van der Waals surface area contributed by atoms with Crippen LogP contribution in [-0.2, 0) is 0 Å². The smallest absolute Gasteiger partial charge is 0.267 e. The van der Waals surface area contributed by atoms with Gasteiger partial charge >= 0.3 is 0 Å². The summed E-state index contributed by atoms with van der Waals surface area (Å²) in [6.07, 6.45) is 3.27. The van der Waals surface area contributed by atoms with Crippen molar-refractivity contribution < 1.29 is 9.72 Å². The highest BCUT2D eigenvalue weighted by molar-refractivity contribution is 6.30. The van der Waals surface area contributed by atoms with Crippen LogP contribution in [0, 0.1) is 10.1 Å². The average molecular weight is 446 g/mol. The minimum Gasteiger partial charge on any atom is -0.267 e. The summed E-state index contributed by atoms with van der Waals surface area (Å²) >= 11 is 6.01. The van der Waals surface area contributed by atoms with Crippen LogP contribution in [0.15, 0.2) is 90.2 Å². The number of benzene rings is 3. The Labute approximate surface area is 187 Å².